The van der Waals surface area contributed by atoms with Crippen LogP contribution in [0.4, 0.5) is 5.69 Å². The summed E-state index contributed by atoms with van der Waals surface area (Å²) in [5.74, 6) is 0.182. The van der Waals surface area contributed by atoms with E-state index < -0.39 is 4.92 Å². The number of aryl methyl sites for hydroxylation is 1. The summed E-state index contributed by atoms with van der Waals surface area (Å²) < 4.78 is 0. The van der Waals surface area contributed by atoms with Crippen LogP contribution in [0.5, 0.6) is 0 Å². The van der Waals surface area contributed by atoms with E-state index in [1.807, 2.05) is 6.92 Å². The van der Waals surface area contributed by atoms with Gasteiger partial charge >= 0.3 is 0 Å². The SMILES string of the molecule is CCC(=O)CCc1cccc([N+](=O)[O-])c1. The molecule has 0 N–H and O–H groups in total. The van der Waals surface area contributed by atoms with Crippen molar-refractivity contribution in [1.82, 2.24) is 0 Å². The minimum absolute atomic E-state index is 0.0800. The first-order chi connectivity index (χ1) is 7.13. The number of hydrogen-bond donors (Lipinski definition) is 0. The summed E-state index contributed by atoms with van der Waals surface area (Å²) in [4.78, 5) is 21.1. The van der Waals surface area contributed by atoms with E-state index in [2.05, 4.69) is 0 Å². The van der Waals surface area contributed by atoms with Crippen molar-refractivity contribution in [3.63, 3.8) is 0 Å². The molecule has 0 saturated carbocycles. The van der Waals surface area contributed by atoms with E-state index >= 15 is 0 Å². The van der Waals surface area contributed by atoms with E-state index in [9.17, 15) is 14.9 Å². The van der Waals surface area contributed by atoms with Gasteiger partial charge in [0.05, 0.1) is 4.92 Å². The molecule has 0 atom stereocenters. The molecule has 4 nitrogen and oxygen atoms in total. The Balaban J connectivity index is 2.66. The van der Waals surface area contributed by atoms with Gasteiger partial charge in [-0.3, -0.25) is 14.9 Å². The third kappa shape index (κ3) is 3.50. The summed E-state index contributed by atoms with van der Waals surface area (Å²) >= 11 is 0. The number of carbonyl (C=O) groups is 1. The molecule has 0 saturated heterocycles. The van der Waals surface area contributed by atoms with Gasteiger partial charge in [-0.2, -0.15) is 0 Å². The normalized spacial score (nSPS) is 9.93. The van der Waals surface area contributed by atoms with Crippen LogP contribution in [0.15, 0.2) is 24.3 Å². The molecule has 0 radical (unpaired) electrons. The van der Waals surface area contributed by atoms with Gasteiger partial charge in [-0.15, -0.1) is 0 Å². The Labute approximate surface area is 88.1 Å². The topological polar surface area (TPSA) is 60.2 Å². The van der Waals surface area contributed by atoms with Crippen molar-refractivity contribution in [2.45, 2.75) is 26.2 Å². The fourth-order valence-electron chi connectivity index (χ4n) is 1.29. The smallest absolute Gasteiger partial charge is 0.269 e. The van der Waals surface area contributed by atoms with Crippen molar-refractivity contribution in [2.75, 3.05) is 0 Å². The molecule has 0 aromatic heterocycles. The Morgan fingerprint density at radius 3 is 2.80 bits per heavy atom. The summed E-state index contributed by atoms with van der Waals surface area (Å²) in [6.07, 6.45) is 1.56. The third-order valence-corrected chi connectivity index (χ3v) is 2.21. The zero-order valence-electron chi connectivity index (χ0n) is 8.60. The van der Waals surface area contributed by atoms with Crippen molar-refractivity contribution in [2.24, 2.45) is 0 Å². The van der Waals surface area contributed by atoms with E-state index in [0.717, 1.165) is 5.56 Å². The largest absolute Gasteiger partial charge is 0.300 e. The summed E-state index contributed by atoms with van der Waals surface area (Å²) in [6.45, 7) is 1.82. The standard InChI is InChI=1S/C11H13NO3/c1-2-11(13)7-6-9-4-3-5-10(8-9)12(14)15/h3-5,8H,2,6-7H2,1H3. The molecule has 1 aromatic rings. The Hall–Kier alpha value is -1.71. The number of Topliss-reactive ketones (excluding diaryl/α,β-unsaturated/α-hetero) is 1. The van der Waals surface area contributed by atoms with Crippen LogP contribution in [0.2, 0.25) is 0 Å². The first-order valence-corrected chi connectivity index (χ1v) is 4.88. The fourth-order valence-corrected chi connectivity index (χ4v) is 1.29. The zero-order chi connectivity index (χ0) is 11.3. The average molecular weight is 207 g/mol. The number of carbonyl (C=O) groups excluding carboxylic acids is 1. The summed E-state index contributed by atoms with van der Waals surface area (Å²) in [5.41, 5.74) is 0.919. The number of hydrogen-bond acceptors (Lipinski definition) is 3. The van der Waals surface area contributed by atoms with E-state index in [0.29, 0.717) is 19.3 Å². The van der Waals surface area contributed by atoms with Crippen molar-refractivity contribution < 1.29 is 9.72 Å². The van der Waals surface area contributed by atoms with E-state index in [-0.39, 0.29) is 11.5 Å². The van der Waals surface area contributed by atoms with Gasteiger partial charge in [0, 0.05) is 25.0 Å². The average Bonchev–Trinajstić information content (AvgIpc) is 2.26. The first kappa shape index (κ1) is 11.4. The number of non-ortho nitro benzene ring substituents is 1. The van der Waals surface area contributed by atoms with Gasteiger partial charge in [0.2, 0.25) is 0 Å². The van der Waals surface area contributed by atoms with Crippen LogP contribution >= 0.6 is 0 Å². The number of benzene rings is 1. The Morgan fingerprint density at radius 1 is 1.47 bits per heavy atom. The Bertz CT molecular complexity index is 374. The number of nitrogens with zero attached hydrogens (tertiary/aromatic N) is 1. The lowest BCUT2D eigenvalue weighted by Crippen LogP contribution is -1.98. The lowest BCUT2D eigenvalue weighted by Gasteiger charge is -1.99. The minimum Gasteiger partial charge on any atom is -0.300 e. The van der Waals surface area contributed by atoms with Gasteiger partial charge < -0.3 is 0 Å². The van der Waals surface area contributed by atoms with Crippen LogP contribution in [0.3, 0.4) is 0 Å². The number of ketones is 1. The van der Waals surface area contributed by atoms with Gasteiger partial charge in [-0.25, -0.2) is 0 Å². The van der Waals surface area contributed by atoms with Crippen molar-refractivity contribution >= 4 is 11.5 Å². The fraction of sp³-hybridized carbons (Fsp3) is 0.364. The molecule has 0 aliphatic rings. The Morgan fingerprint density at radius 2 is 2.20 bits per heavy atom. The molecule has 0 spiro atoms. The highest BCUT2D eigenvalue weighted by molar-refractivity contribution is 5.78. The highest BCUT2D eigenvalue weighted by Gasteiger charge is 2.06. The number of rotatable bonds is 5. The minimum atomic E-state index is -0.425. The highest BCUT2D eigenvalue weighted by Crippen LogP contribution is 2.14. The van der Waals surface area contributed by atoms with E-state index in [4.69, 9.17) is 0 Å². The first-order valence-electron chi connectivity index (χ1n) is 4.88. The summed E-state index contributed by atoms with van der Waals surface area (Å²) in [5, 5.41) is 10.5. The van der Waals surface area contributed by atoms with Gasteiger partial charge in [-0.05, 0) is 12.0 Å². The zero-order valence-corrected chi connectivity index (χ0v) is 8.60. The monoisotopic (exact) mass is 207 g/mol. The Kier molecular flexibility index (Phi) is 3.97. The van der Waals surface area contributed by atoms with Gasteiger partial charge in [0.25, 0.3) is 5.69 Å². The van der Waals surface area contributed by atoms with Crippen LogP contribution < -0.4 is 0 Å². The predicted molar refractivity (Wildman–Crippen MR) is 56.7 cm³/mol. The third-order valence-electron chi connectivity index (χ3n) is 2.21. The molecule has 1 aromatic carbocycles. The maximum atomic E-state index is 11.1. The molecule has 0 amide bonds. The maximum absolute atomic E-state index is 11.1. The predicted octanol–water partition coefficient (Wildman–Crippen LogP) is 2.51. The molecule has 1 rings (SSSR count). The van der Waals surface area contributed by atoms with Crippen molar-refractivity contribution in [3.05, 3.63) is 39.9 Å². The second kappa shape index (κ2) is 5.24. The molecule has 0 unspecified atom stereocenters. The maximum Gasteiger partial charge on any atom is 0.269 e. The van der Waals surface area contributed by atoms with Gasteiger partial charge in [-0.1, -0.05) is 19.1 Å². The second-order valence-corrected chi connectivity index (χ2v) is 3.32. The van der Waals surface area contributed by atoms with Crippen molar-refractivity contribution in [1.29, 1.82) is 0 Å². The summed E-state index contributed by atoms with van der Waals surface area (Å²) in [7, 11) is 0. The van der Waals surface area contributed by atoms with Crippen LogP contribution in [-0.4, -0.2) is 10.7 Å². The molecule has 15 heavy (non-hydrogen) atoms. The van der Waals surface area contributed by atoms with Crippen molar-refractivity contribution in [3.8, 4) is 0 Å². The molecule has 0 aliphatic heterocycles. The molecule has 0 heterocycles. The number of nitro benzene ring substituents is 1. The molecule has 4 heteroatoms. The second-order valence-electron chi connectivity index (χ2n) is 3.32. The van der Waals surface area contributed by atoms with Crippen LogP contribution in [0, 0.1) is 10.1 Å². The molecular formula is C11H13NO3. The van der Waals surface area contributed by atoms with Gasteiger partial charge in [0.15, 0.2) is 0 Å². The number of nitro groups is 1. The lowest BCUT2D eigenvalue weighted by molar-refractivity contribution is -0.384. The van der Waals surface area contributed by atoms with Gasteiger partial charge in [0.1, 0.15) is 5.78 Å². The van der Waals surface area contributed by atoms with Crippen LogP contribution in [-0.2, 0) is 11.2 Å². The van der Waals surface area contributed by atoms with Crippen LogP contribution in [0.25, 0.3) is 0 Å². The molecule has 0 fully saturated rings. The van der Waals surface area contributed by atoms with E-state index in [1.165, 1.54) is 12.1 Å². The molecule has 0 bridgehead atoms. The van der Waals surface area contributed by atoms with E-state index in [1.54, 1.807) is 12.1 Å². The quantitative estimate of drug-likeness (QED) is 0.550. The molecule has 0 aliphatic carbocycles. The van der Waals surface area contributed by atoms with Crippen LogP contribution in [0.1, 0.15) is 25.3 Å². The summed E-state index contributed by atoms with van der Waals surface area (Å²) in [6, 6.07) is 6.41. The molecule has 80 valence electrons. The lowest BCUT2D eigenvalue weighted by atomic mass is 10.1. The highest BCUT2D eigenvalue weighted by atomic mass is 16.6. The molecular weight excluding hydrogens is 194 g/mol.